The average molecular weight is 492 g/mol. The summed E-state index contributed by atoms with van der Waals surface area (Å²) in [6.07, 6.45) is 0.479. The van der Waals surface area contributed by atoms with Gasteiger partial charge in [-0.05, 0) is 29.5 Å². The van der Waals surface area contributed by atoms with Crippen LogP contribution < -0.4 is 5.32 Å². The van der Waals surface area contributed by atoms with Gasteiger partial charge >= 0.3 is 0 Å². The number of halogens is 1. The van der Waals surface area contributed by atoms with E-state index in [0.29, 0.717) is 29.7 Å². The second-order valence-corrected chi connectivity index (χ2v) is 9.49. The molecule has 0 saturated carbocycles. The molecule has 0 aromatic heterocycles. The Balaban J connectivity index is 2.11. The van der Waals surface area contributed by atoms with Gasteiger partial charge < -0.3 is 10.2 Å². The van der Waals surface area contributed by atoms with Crippen LogP contribution in [-0.4, -0.2) is 40.0 Å². The second-order valence-electron chi connectivity index (χ2n) is 8.09. The topological polar surface area (TPSA) is 92.6 Å². The lowest BCUT2D eigenvalue weighted by Gasteiger charge is -2.31. The first-order valence-electron chi connectivity index (χ1n) is 10.8. The summed E-state index contributed by atoms with van der Waals surface area (Å²) in [5.74, 6) is 0.673. The number of nitro groups is 1. The Morgan fingerprint density at radius 3 is 2.39 bits per heavy atom. The maximum Gasteiger partial charge on any atom is 0.269 e. The summed E-state index contributed by atoms with van der Waals surface area (Å²) in [7, 11) is 0. The number of hydrogen-bond acceptors (Lipinski definition) is 5. The van der Waals surface area contributed by atoms with Gasteiger partial charge in [0.1, 0.15) is 6.04 Å². The van der Waals surface area contributed by atoms with Gasteiger partial charge in [-0.25, -0.2) is 0 Å². The monoisotopic (exact) mass is 491 g/mol. The number of nitro benzene ring substituents is 1. The van der Waals surface area contributed by atoms with Crippen molar-refractivity contribution in [3.05, 3.63) is 74.8 Å². The summed E-state index contributed by atoms with van der Waals surface area (Å²) < 4.78 is 0. The molecule has 2 rings (SSSR count). The lowest BCUT2D eigenvalue weighted by atomic mass is 10.1. The van der Waals surface area contributed by atoms with Gasteiger partial charge in [-0.2, -0.15) is 0 Å². The predicted molar refractivity (Wildman–Crippen MR) is 133 cm³/mol. The van der Waals surface area contributed by atoms with Crippen molar-refractivity contribution in [3.8, 4) is 0 Å². The van der Waals surface area contributed by atoms with E-state index < -0.39 is 11.0 Å². The molecular formula is C24H30ClN3O4S. The Bertz CT molecular complexity index is 953. The van der Waals surface area contributed by atoms with Crippen molar-refractivity contribution in [2.24, 2.45) is 5.92 Å². The zero-order valence-corrected chi connectivity index (χ0v) is 20.7. The highest BCUT2D eigenvalue weighted by molar-refractivity contribution is 7.99. The molecule has 0 aliphatic heterocycles. The smallest absolute Gasteiger partial charge is 0.269 e. The highest BCUT2D eigenvalue weighted by Gasteiger charge is 2.29. The molecule has 2 amide bonds. The minimum Gasteiger partial charge on any atom is -0.354 e. The molecule has 0 radical (unpaired) electrons. The molecule has 2 aromatic rings. The van der Waals surface area contributed by atoms with Crippen molar-refractivity contribution in [2.45, 2.75) is 45.5 Å². The van der Waals surface area contributed by atoms with E-state index in [1.807, 2.05) is 39.0 Å². The lowest BCUT2D eigenvalue weighted by molar-refractivity contribution is -0.384. The molecular weight excluding hydrogens is 462 g/mol. The number of benzene rings is 2. The van der Waals surface area contributed by atoms with Crippen LogP contribution in [0.15, 0.2) is 48.5 Å². The van der Waals surface area contributed by atoms with E-state index in [1.165, 1.54) is 23.9 Å². The number of nitrogens with zero attached hydrogens (tertiary/aromatic N) is 2. The van der Waals surface area contributed by atoms with E-state index in [2.05, 4.69) is 5.32 Å². The van der Waals surface area contributed by atoms with E-state index in [9.17, 15) is 19.7 Å². The average Bonchev–Trinajstić information content (AvgIpc) is 2.79. The van der Waals surface area contributed by atoms with Gasteiger partial charge in [0.15, 0.2) is 0 Å². The maximum atomic E-state index is 13.2. The number of amides is 2. The molecule has 0 unspecified atom stereocenters. The van der Waals surface area contributed by atoms with Gasteiger partial charge in [0.05, 0.1) is 10.7 Å². The fraction of sp³-hybridized carbons (Fsp3) is 0.417. The van der Waals surface area contributed by atoms with Gasteiger partial charge in [-0.3, -0.25) is 19.7 Å². The van der Waals surface area contributed by atoms with E-state index in [1.54, 1.807) is 23.1 Å². The Morgan fingerprint density at radius 2 is 1.82 bits per heavy atom. The molecule has 2 aromatic carbocycles. The summed E-state index contributed by atoms with van der Waals surface area (Å²) >= 11 is 7.73. The van der Waals surface area contributed by atoms with Crippen LogP contribution in [-0.2, 0) is 21.9 Å². The molecule has 1 N–H and O–H groups in total. The zero-order chi connectivity index (χ0) is 24.4. The Morgan fingerprint density at radius 1 is 1.15 bits per heavy atom. The minimum atomic E-state index is -0.604. The van der Waals surface area contributed by atoms with Crippen LogP contribution in [0.4, 0.5) is 5.69 Å². The van der Waals surface area contributed by atoms with E-state index in [-0.39, 0.29) is 29.8 Å². The quantitative estimate of drug-likeness (QED) is 0.331. The molecule has 178 valence electrons. The molecule has 0 heterocycles. The van der Waals surface area contributed by atoms with Crippen molar-refractivity contribution >= 4 is 40.9 Å². The van der Waals surface area contributed by atoms with Crippen LogP contribution in [0.2, 0.25) is 5.02 Å². The normalized spacial score (nSPS) is 11.8. The molecule has 9 heteroatoms. The first kappa shape index (κ1) is 26.7. The fourth-order valence-corrected chi connectivity index (χ4v) is 4.27. The van der Waals surface area contributed by atoms with Gasteiger partial charge in [0.2, 0.25) is 11.8 Å². The lowest BCUT2D eigenvalue weighted by Crippen LogP contribution is -2.50. The SMILES string of the molecule is CC[C@H](C(=O)NCC(C)C)N(Cc1ccccc1Cl)C(=O)CSCc1ccc([N+](=O)[O-])cc1. The molecule has 0 saturated heterocycles. The van der Waals surface area contributed by atoms with E-state index >= 15 is 0 Å². The number of thioether (sulfide) groups is 1. The zero-order valence-electron chi connectivity index (χ0n) is 19.1. The number of carbonyl (C=O) groups excluding carboxylic acids is 2. The molecule has 0 fully saturated rings. The Hall–Kier alpha value is -2.58. The van der Waals surface area contributed by atoms with Gasteiger partial charge in [-0.15, -0.1) is 11.8 Å². The third kappa shape index (κ3) is 8.37. The van der Waals surface area contributed by atoms with E-state index in [4.69, 9.17) is 11.6 Å². The summed E-state index contributed by atoms with van der Waals surface area (Å²) in [6.45, 7) is 6.70. The number of hydrogen-bond donors (Lipinski definition) is 1. The third-order valence-corrected chi connectivity index (χ3v) is 6.37. The molecule has 7 nitrogen and oxygen atoms in total. The maximum absolute atomic E-state index is 13.2. The Labute approximate surface area is 204 Å². The standard InChI is InChI=1S/C24H30ClN3O4S/c1-4-22(24(30)26-13-17(2)3)27(14-19-7-5-6-8-21(19)25)23(29)16-33-15-18-9-11-20(12-10-18)28(31)32/h5-12,17,22H,4,13-16H2,1-3H3,(H,26,30)/t22-/m1/s1. The summed E-state index contributed by atoms with van der Waals surface area (Å²) in [5, 5.41) is 14.3. The third-order valence-electron chi connectivity index (χ3n) is 5.01. The van der Waals surface area contributed by atoms with Crippen molar-refractivity contribution < 1.29 is 14.5 Å². The number of carbonyl (C=O) groups is 2. The van der Waals surface area contributed by atoms with Gasteiger partial charge in [0, 0.05) is 36.0 Å². The molecule has 0 aliphatic carbocycles. The van der Waals surface area contributed by atoms with Crippen LogP contribution in [0, 0.1) is 16.0 Å². The molecule has 33 heavy (non-hydrogen) atoms. The number of nitrogens with one attached hydrogen (secondary N) is 1. The van der Waals surface area contributed by atoms with Crippen molar-refractivity contribution in [3.63, 3.8) is 0 Å². The van der Waals surface area contributed by atoms with Crippen LogP contribution in [0.3, 0.4) is 0 Å². The highest BCUT2D eigenvalue weighted by atomic mass is 35.5. The summed E-state index contributed by atoms with van der Waals surface area (Å²) in [6, 6.07) is 13.0. The Kier molecular flexibility index (Phi) is 10.7. The summed E-state index contributed by atoms with van der Waals surface area (Å²) in [5.41, 5.74) is 1.70. The van der Waals surface area contributed by atoms with E-state index in [0.717, 1.165) is 11.1 Å². The molecule has 0 aliphatic rings. The first-order chi connectivity index (χ1) is 15.7. The fourth-order valence-electron chi connectivity index (χ4n) is 3.21. The van der Waals surface area contributed by atoms with Crippen molar-refractivity contribution in [1.82, 2.24) is 10.2 Å². The van der Waals surface area contributed by atoms with Gasteiger partial charge in [-0.1, -0.05) is 62.7 Å². The molecule has 0 bridgehead atoms. The van der Waals surface area contributed by atoms with Gasteiger partial charge in [0.25, 0.3) is 5.69 Å². The van der Waals surface area contributed by atoms with Crippen LogP contribution >= 0.6 is 23.4 Å². The summed E-state index contributed by atoms with van der Waals surface area (Å²) in [4.78, 5) is 38.1. The number of non-ortho nitro benzene ring substituents is 1. The van der Waals surface area contributed by atoms with Crippen LogP contribution in [0.25, 0.3) is 0 Å². The second kappa shape index (κ2) is 13.2. The first-order valence-corrected chi connectivity index (χ1v) is 12.4. The minimum absolute atomic E-state index is 0.0314. The van der Waals surface area contributed by atoms with Crippen molar-refractivity contribution in [2.75, 3.05) is 12.3 Å². The van der Waals surface area contributed by atoms with Crippen molar-refractivity contribution in [1.29, 1.82) is 0 Å². The molecule has 1 atom stereocenters. The predicted octanol–water partition coefficient (Wildman–Crippen LogP) is 5.06. The number of rotatable bonds is 12. The highest BCUT2D eigenvalue weighted by Crippen LogP contribution is 2.22. The van der Waals surface area contributed by atoms with Crippen LogP contribution in [0.1, 0.15) is 38.3 Å². The molecule has 0 spiro atoms. The van der Waals surface area contributed by atoms with Crippen LogP contribution in [0.5, 0.6) is 0 Å². The largest absolute Gasteiger partial charge is 0.354 e.